The van der Waals surface area contributed by atoms with Crippen LogP contribution in [-0.2, 0) is 18.0 Å². The van der Waals surface area contributed by atoms with Crippen LogP contribution in [0.5, 0.6) is 5.75 Å². The molecule has 14 heteroatoms. The highest BCUT2D eigenvalue weighted by atomic mass is 19.4. The van der Waals surface area contributed by atoms with Crippen molar-refractivity contribution in [2.75, 3.05) is 25.0 Å². The quantitative estimate of drug-likeness (QED) is 0.685. The number of aromatic nitrogens is 3. The van der Waals surface area contributed by atoms with Crippen molar-refractivity contribution >= 4 is 11.6 Å². The van der Waals surface area contributed by atoms with E-state index < -0.39 is 41.8 Å². The van der Waals surface area contributed by atoms with Gasteiger partial charge in [0.15, 0.2) is 0 Å². The molecule has 2 aromatic rings. The molecule has 0 unspecified atom stereocenters. The number of benzene rings is 1. The van der Waals surface area contributed by atoms with E-state index in [1.165, 1.54) is 12.1 Å². The molecule has 1 aliphatic rings. The highest BCUT2D eigenvalue weighted by Gasteiger charge is 2.39. The molecule has 0 saturated carbocycles. The minimum Gasteiger partial charge on any atom is -0.406 e. The van der Waals surface area contributed by atoms with E-state index in [0.717, 1.165) is 23.9 Å². The number of carbonyl (C=O) groups is 1. The van der Waals surface area contributed by atoms with Gasteiger partial charge in [-0.25, -0.2) is 9.48 Å². The molecule has 8 nitrogen and oxygen atoms in total. The Bertz CT molecular complexity index is 1000. The Kier molecular flexibility index (Phi) is 6.53. The first-order chi connectivity index (χ1) is 14.8. The molecule has 0 atom stereocenters. The van der Waals surface area contributed by atoms with Gasteiger partial charge in [-0.05, 0) is 37.1 Å². The molecule has 1 fully saturated rings. The first kappa shape index (κ1) is 23.6. The van der Waals surface area contributed by atoms with Gasteiger partial charge >= 0.3 is 18.2 Å². The van der Waals surface area contributed by atoms with Gasteiger partial charge in [0, 0.05) is 25.8 Å². The zero-order chi connectivity index (χ0) is 23.7. The third kappa shape index (κ3) is 5.81. The van der Waals surface area contributed by atoms with Crippen molar-refractivity contribution in [1.82, 2.24) is 19.2 Å². The summed E-state index contributed by atoms with van der Waals surface area (Å²) in [6, 6.07) is 4.13. The average molecular weight is 467 g/mol. The van der Waals surface area contributed by atoms with E-state index in [1.54, 1.807) is 4.90 Å². The lowest BCUT2D eigenvalue weighted by atomic mass is 10.1. The van der Waals surface area contributed by atoms with E-state index >= 15 is 0 Å². The largest absolute Gasteiger partial charge is 0.573 e. The molecule has 2 heterocycles. The molecule has 3 rings (SSSR count). The third-order valence-electron chi connectivity index (χ3n) is 4.90. The van der Waals surface area contributed by atoms with Gasteiger partial charge in [-0.2, -0.15) is 13.2 Å². The number of rotatable bonds is 5. The fourth-order valence-electron chi connectivity index (χ4n) is 3.41. The predicted octanol–water partition coefficient (Wildman–Crippen LogP) is 2.77. The van der Waals surface area contributed by atoms with Crippen LogP contribution in [0, 0.1) is 0 Å². The Balaban J connectivity index is 1.52. The standard InChI is InChI=1S/C18H19F6N5O3/c1-27-15(17(19,20)21)26-29(16(27)31)12-6-8-28(9-7-12)10-14(30)25-11-2-4-13(5-3-11)32-18(22,23)24/h2-5,12H,6-10H2,1H3,(H,25,30). The summed E-state index contributed by atoms with van der Waals surface area (Å²) in [4.78, 5) is 26.1. The van der Waals surface area contributed by atoms with Crippen molar-refractivity contribution in [2.24, 2.45) is 7.05 Å². The molecule has 0 radical (unpaired) electrons. The Morgan fingerprint density at radius 2 is 1.72 bits per heavy atom. The van der Waals surface area contributed by atoms with E-state index in [2.05, 4.69) is 15.2 Å². The van der Waals surface area contributed by atoms with E-state index in [1.807, 2.05) is 0 Å². The fraction of sp³-hybridized carbons (Fsp3) is 0.500. The first-order valence-corrected chi connectivity index (χ1v) is 9.44. The Labute approximate surface area is 177 Å². The average Bonchev–Trinajstić information content (AvgIpc) is 2.98. The Morgan fingerprint density at radius 1 is 1.12 bits per heavy atom. The summed E-state index contributed by atoms with van der Waals surface area (Å²) in [6.45, 7) is 0.667. The summed E-state index contributed by atoms with van der Waals surface area (Å²) in [5.74, 6) is -2.10. The van der Waals surface area contributed by atoms with Crippen molar-refractivity contribution in [3.8, 4) is 5.75 Å². The van der Waals surface area contributed by atoms with Crippen molar-refractivity contribution in [3.63, 3.8) is 0 Å². The van der Waals surface area contributed by atoms with Crippen LogP contribution in [0.4, 0.5) is 32.0 Å². The van der Waals surface area contributed by atoms with Crippen LogP contribution in [-0.4, -0.2) is 51.2 Å². The Morgan fingerprint density at radius 3 is 2.22 bits per heavy atom. The summed E-state index contributed by atoms with van der Waals surface area (Å²) in [6.07, 6.45) is -8.91. The summed E-state index contributed by atoms with van der Waals surface area (Å²) in [5.41, 5.74) is -0.578. The smallest absolute Gasteiger partial charge is 0.406 e. The maximum Gasteiger partial charge on any atom is 0.573 e. The minimum atomic E-state index is -4.81. The van der Waals surface area contributed by atoms with Crippen molar-refractivity contribution in [1.29, 1.82) is 0 Å². The highest BCUT2D eigenvalue weighted by molar-refractivity contribution is 5.92. The summed E-state index contributed by atoms with van der Waals surface area (Å²) in [7, 11) is 1.01. The van der Waals surface area contributed by atoms with Crippen LogP contribution in [0.2, 0.25) is 0 Å². The molecule has 0 spiro atoms. The van der Waals surface area contributed by atoms with Gasteiger partial charge in [-0.15, -0.1) is 18.3 Å². The Hall–Kier alpha value is -3.03. The minimum absolute atomic E-state index is 0.0293. The number of piperidine rings is 1. The van der Waals surface area contributed by atoms with Crippen LogP contribution >= 0.6 is 0 Å². The highest BCUT2D eigenvalue weighted by Crippen LogP contribution is 2.28. The first-order valence-electron chi connectivity index (χ1n) is 9.44. The maximum atomic E-state index is 12.9. The molecular weight excluding hydrogens is 448 g/mol. The van der Waals surface area contributed by atoms with Gasteiger partial charge in [0.25, 0.3) is 0 Å². The normalized spacial score (nSPS) is 16.2. The molecule has 1 aliphatic heterocycles. The second-order valence-electron chi connectivity index (χ2n) is 7.24. The third-order valence-corrected chi connectivity index (χ3v) is 4.90. The number of ether oxygens (including phenoxy) is 1. The number of nitrogens with one attached hydrogen (secondary N) is 1. The second kappa shape index (κ2) is 8.84. The van der Waals surface area contributed by atoms with Crippen LogP contribution in [0.3, 0.4) is 0 Å². The van der Waals surface area contributed by atoms with E-state index in [0.29, 0.717) is 30.5 Å². The molecule has 1 aromatic carbocycles. The van der Waals surface area contributed by atoms with Crippen molar-refractivity contribution in [2.45, 2.75) is 31.4 Å². The molecule has 0 bridgehead atoms. The lowest BCUT2D eigenvalue weighted by molar-refractivity contribution is -0.274. The molecule has 1 saturated heterocycles. The fourth-order valence-corrected chi connectivity index (χ4v) is 3.41. The summed E-state index contributed by atoms with van der Waals surface area (Å²) in [5, 5.41) is 5.98. The van der Waals surface area contributed by atoms with Crippen molar-refractivity contribution < 1.29 is 35.9 Å². The van der Waals surface area contributed by atoms with Crippen LogP contribution in [0.25, 0.3) is 0 Å². The number of hydrogen-bond acceptors (Lipinski definition) is 5. The van der Waals surface area contributed by atoms with Gasteiger partial charge in [0.05, 0.1) is 12.6 Å². The second-order valence-corrected chi connectivity index (χ2v) is 7.24. The van der Waals surface area contributed by atoms with Crippen LogP contribution in [0.1, 0.15) is 24.7 Å². The molecule has 32 heavy (non-hydrogen) atoms. The molecule has 1 N–H and O–H groups in total. The number of nitrogens with zero attached hydrogens (tertiary/aromatic N) is 4. The number of likely N-dealkylation sites (tertiary alicyclic amines) is 1. The van der Waals surface area contributed by atoms with Gasteiger partial charge in [-0.1, -0.05) is 0 Å². The SMILES string of the molecule is Cn1c(C(F)(F)F)nn(C2CCN(CC(=O)Nc3ccc(OC(F)(F)F)cc3)CC2)c1=O. The van der Waals surface area contributed by atoms with Gasteiger partial charge < -0.3 is 10.1 Å². The molecule has 176 valence electrons. The van der Waals surface area contributed by atoms with E-state index in [9.17, 15) is 35.9 Å². The zero-order valence-electron chi connectivity index (χ0n) is 16.7. The topological polar surface area (TPSA) is 81.4 Å². The number of halogens is 6. The van der Waals surface area contributed by atoms with E-state index in [-0.39, 0.29) is 12.2 Å². The summed E-state index contributed by atoms with van der Waals surface area (Å²) >= 11 is 0. The van der Waals surface area contributed by atoms with E-state index in [4.69, 9.17) is 0 Å². The number of amides is 1. The van der Waals surface area contributed by atoms with Gasteiger partial charge in [0.2, 0.25) is 11.7 Å². The number of anilines is 1. The van der Waals surface area contributed by atoms with Crippen LogP contribution in [0.15, 0.2) is 29.1 Å². The molecule has 0 aliphatic carbocycles. The van der Waals surface area contributed by atoms with Crippen LogP contribution < -0.4 is 15.7 Å². The monoisotopic (exact) mass is 467 g/mol. The maximum absolute atomic E-state index is 12.9. The van der Waals surface area contributed by atoms with Crippen molar-refractivity contribution in [3.05, 3.63) is 40.6 Å². The number of hydrogen-bond donors (Lipinski definition) is 1. The van der Waals surface area contributed by atoms with Gasteiger partial charge in [0.1, 0.15) is 5.75 Å². The lowest BCUT2D eigenvalue weighted by Gasteiger charge is -2.30. The lowest BCUT2D eigenvalue weighted by Crippen LogP contribution is -2.41. The molecule has 1 aromatic heterocycles. The summed E-state index contributed by atoms with van der Waals surface area (Å²) < 4.78 is 80.4. The molecule has 1 amide bonds. The number of alkyl halides is 6. The zero-order valence-corrected chi connectivity index (χ0v) is 16.7. The molecular formula is C18H19F6N5O3. The van der Waals surface area contributed by atoms with Gasteiger partial charge in [-0.3, -0.25) is 14.3 Å². The predicted molar refractivity (Wildman–Crippen MR) is 98.9 cm³/mol. The number of carbonyl (C=O) groups excluding carboxylic acids is 1.